The van der Waals surface area contributed by atoms with E-state index in [-0.39, 0.29) is 28.7 Å². The van der Waals surface area contributed by atoms with Gasteiger partial charge in [-0.05, 0) is 44.2 Å². The number of sulfone groups is 1. The van der Waals surface area contributed by atoms with Gasteiger partial charge in [0.15, 0.2) is 9.84 Å². The molecule has 0 spiro atoms. The smallest absolute Gasteiger partial charge is 0.252 e. The molecule has 1 amide bonds. The van der Waals surface area contributed by atoms with Gasteiger partial charge in [-0.15, -0.1) is 11.8 Å². The van der Waals surface area contributed by atoms with Crippen molar-refractivity contribution in [2.45, 2.75) is 56.2 Å². The van der Waals surface area contributed by atoms with E-state index < -0.39 is 9.84 Å². The van der Waals surface area contributed by atoms with Crippen molar-refractivity contribution < 1.29 is 13.2 Å². The Morgan fingerprint density at radius 3 is 2.58 bits per heavy atom. The van der Waals surface area contributed by atoms with Crippen molar-refractivity contribution in [3.05, 3.63) is 29.8 Å². The molecule has 4 nitrogen and oxygen atoms in total. The van der Waals surface area contributed by atoms with Crippen molar-refractivity contribution in [2.75, 3.05) is 11.5 Å². The lowest BCUT2D eigenvalue weighted by atomic mass is 10.0. The lowest BCUT2D eigenvalue weighted by Gasteiger charge is -2.17. The van der Waals surface area contributed by atoms with E-state index in [0.717, 1.165) is 17.7 Å². The second-order valence-corrected chi connectivity index (χ2v) is 10.6. The van der Waals surface area contributed by atoms with Gasteiger partial charge < -0.3 is 5.32 Å². The molecule has 1 aromatic carbocycles. The van der Waals surface area contributed by atoms with Crippen molar-refractivity contribution in [3.63, 3.8) is 0 Å². The van der Waals surface area contributed by atoms with Crippen LogP contribution in [0.1, 0.15) is 50.4 Å². The Bertz CT molecular complexity index is 671. The number of hydrogen-bond acceptors (Lipinski definition) is 4. The number of thioether (sulfide) groups is 1. The van der Waals surface area contributed by atoms with E-state index >= 15 is 0 Å². The predicted octanol–water partition coefficient (Wildman–Crippen LogP) is 3.52. The summed E-state index contributed by atoms with van der Waals surface area (Å²) >= 11 is 1.51. The topological polar surface area (TPSA) is 63.2 Å². The molecule has 1 aliphatic heterocycles. The molecule has 134 valence electrons. The molecular formula is C18H27NO3S2. The first-order valence-corrected chi connectivity index (χ1v) is 11.2. The second kappa shape index (κ2) is 8.39. The Kier molecular flexibility index (Phi) is 6.75. The molecule has 1 heterocycles. The van der Waals surface area contributed by atoms with Crippen LogP contribution in [0.3, 0.4) is 0 Å². The molecule has 1 aliphatic rings. The highest BCUT2D eigenvalue weighted by Gasteiger charge is 2.29. The van der Waals surface area contributed by atoms with Crippen LogP contribution in [0.5, 0.6) is 0 Å². The summed E-state index contributed by atoms with van der Waals surface area (Å²) in [5.41, 5.74) is 0.642. The number of rotatable bonds is 7. The Labute approximate surface area is 149 Å². The minimum absolute atomic E-state index is 0.0438. The van der Waals surface area contributed by atoms with E-state index in [1.165, 1.54) is 11.8 Å². The molecule has 0 radical (unpaired) electrons. The molecule has 0 saturated carbocycles. The third-order valence-corrected chi connectivity index (χ3v) is 7.50. The number of carbonyl (C=O) groups excluding carboxylic acids is 1. The van der Waals surface area contributed by atoms with Crippen LogP contribution in [-0.2, 0) is 9.84 Å². The van der Waals surface area contributed by atoms with Crippen molar-refractivity contribution in [1.82, 2.24) is 5.32 Å². The number of carbonyl (C=O) groups is 1. The minimum Gasteiger partial charge on any atom is -0.350 e. The van der Waals surface area contributed by atoms with Crippen LogP contribution >= 0.6 is 11.8 Å². The fraction of sp³-hybridized carbons (Fsp3) is 0.611. The lowest BCUT2D eigenvalue weighted by Crippen LogP contribution is -2.33. The molecule has 1 N–H and O–H groups in total. The lowest BCUT2D eigenvalue weighted by molar-refractivity contribution is 0.0934. The van der Waals surface area contributed by atoms with Gasteiger partial charge in [-0.1, -0.05) is 26.0 Å². The third-order valence-electron chi connectivity index (χ3n) is 4.17. The molecule has 1 aromatic rings. The fourth-order valence-corrected chi connectivity index (χ4v) is 6.37. The normalized spacial score (nSPS) is 20.9. The minimum atomic E-state index is -2.90. The molecule has 2 rings (SSSR count). The van der Waals surface area contributed by atoms with E-state index in [2.05, 4.69) is 19.2 Å². The van der Waals surface area contributed by atoms with E-state index in [1.54, 1.807) is 0 Å². The molecule has 1 saturated heterocycles. The zero-order valence-electron chi connectivity index (χ0n) is 14.6. The van der Waals surface area contributed by atoms with Gasteiger partial charge in [0.05, 0.1) is 17.1 Å². The molecule has 0 bridgehead atoms. The summed E-state index contributed by atoms with van der Waals surface area (Å²) in [7, 11) is -2.90. The first-order chi connectivity index (χ1) is 11.3. The van der Waals surface area contributed by atoms with Gasteiger partial charge in [0.25, 0.3) is 5.91 Å². The molecule has 2 atom stereocenters. The highest BCUT2D eigenvalue weighted by molar-refractivity contribution is 8.02. The van der Waals surface area contributed by atoms with E-state index in [0.29, 0.717) is 17.9 Å². The summed E-state index contributed by atoms with van der Waals surface area (Å²) in [4.78, 5) is 13.4. The van der Waals surface area contributed by atoms with Crippen molar-refractivity contribution in [1.29, 1.82) is 0 Å². The Morgan fingerprint density at radius 1 is 1.25 bits per heavy atom. The van der Waals surface area contributed by atoms with Gasteiger partial charge >= 0.3 is 0 Å². The summed E-state index contributed by atoms with van der Waals surface area (Å²) in [5.74, 6) is 1.01. The highest BCUT2D eigenvalue weighted by atomic mass is 32.2. The molecule has 0 aliphatic carbocycles. The van der Waals surface area contributed by atoms with E-state index in [4.69, 9.17) is 0 Å². The van der Waals surface area contributed by atoms with Crippen LogP contribution in [0.4, 0.5) is 0 Å². The first kappa shape index (κ1) is 19.3. The summed E-state index contributed by atoms with van der Waals surface area (Å²) in [5, 5.41) is 3.11. The third kappa shape index (κ3) is 5.81. The Balaban J connectivity index is 2.01. The maximum absolute atomic E-state index is 12.6. The molecular weight excluding hydrogens is 342 g/mol. The SMILES string of the molecule is CC(C)CC[C@@H](C)NC(=O)c1ccccc1S[C@H]1CCS(=O)(=O)C1. The quantitative estimate of drug-likeness (QED) is 0.799. The zero-order valence-corrected chi connectivity index (χ0v) is 16.3. The fourth-order valence-electron chi connectivity index (χ4n) is 2.75. The summed E-state index contributed by atoms with van der Waals surface area (Å²) < 4.78 is 23.3. The van der Waals surface area contributed by atoms with E-state index in [1.807, 2.05) is 31.2 Å². The van der Waals surface area contributed by atoms with Crippen molar-refractivity contribution in [3.8, 4) is 0 Å². The predicted molar refractivity (Wildman–Crippen MR) is 100 cm³/mol. The summed E-state index contributed by atoms with van der Waals surface area (Å²) in [6.07, 6.45) is 2.70. The number of nitrogens with one attached hydrogen (secondary N) is 1. The van der Waals surface area contributed by atoms with Crippen molar-refractivity contribution in [2.24, 2.45) is 5.92 Å². The Morgan fingerprint density at radius 2 is 1.96 bits per heavy atom. The van der Waals surface area contributed by atoms with Crippen LogP contribution in [0.25, 0.3) is 0 Å². The summed E-state index contributed by atoms with van der Waals surface area (Å²) in [6.45, 7) is 6.38. The molecule has 0 unspecified atom stereocenters. The van der Waals surface area contributed by atoms with Gasteiger partial charge in [0, 0.05) is 16.2 Å². The standard InChI is InChI=1S/C18H27NO3S2/c1-13(2)8-9-14(3)19-18(20)16-6-4-5-7-17(16)23-15-10-11-24(21,22)12-15/h4-7,13-15H,8-12H2,1-3H3,(H,19,20)/t14-,15+/m1/s1. The highest BCUT2D eigenvalue weighted by Crippen LogP contribution is 2.33. The molecule has 24 heavy (non-hydrogen) atoms. The first-order valence-electron chi connectivity index (χ1n) is 8.54. The second-order valence-electron chi connectivity index (χ2n) is 6.98. The maximum atomic E-state index is 12.6. The number of benzene rings is 1. The molecule has 1 fully saturated rings. The maximum Gasteiger partial charge on any atom is 0.252 e. The van der Waals surface area contributed by atoms with Gasteiger partial charge in [-0.3, -0.25) is 4.79 Å². The Hall–Kier alpha value is -1.01. The van der Waals surface area contributed by atoms with Crippen LogP contribution < -0.4 is 5.32 Å². The average Bonchev–Trinajstić information content (AvgIpc) is 2.84. The number of hydrogen-bond donors (Lipinski definition) is 1. The van der Waals surface area contributed by atoms with Gasteiger partial charge in [-0.25, -0.2) is 8.42 Å². The molecule has 6 heteroatoms. The molecule has 0 aromatic heterocycles. The largest absolute Gasteiger partial charge is 0.350 e. The zero-order chi connectivity index (χ0) is 17.7. The van der Waals surface area contributed by atoms with Crippen molar-refractivity contribution >= 4 is 27.5 Å². The van der Waals surface area contributed by atoms with Crippen LogP contribution in [0.15, 0.2) is 29.2 Å². The van der Waals surface area contributed by atoms with Crippen LogP contribution in [-0.4, -0.2) is 37.1 Å². The summed E-state index contributed by atoms with van der Waals surface area (Å²) in [6, 6.07) is 7.60. The van der Waals surface area contributed by atoms with Crippen LogP contribution in [0, 0.1) is 5.92 Å². The monoisotopic (exact) mass is 369 g/mol. The average molecular weight is 370 g/mol. The van der Waals surface area contributed by atoms with Crippen LogP contribution in [0.2, 0.25) is 0 Å². The van der Waals surface area contributed by atoms with E-state index in [9.17, 15) is 13.2 Å². The van der Waals surface area contributed by atoms with Gasteiger partial charge in [0.2, 0.25) is 0 Å². The number of amides is 1. The van der Waals surface area contributed by atoms with Gasteiger partial charge in [-0.2, -0.15) is 0 Å². The van der Waals surface area contributed by atoms with Gasteiger partial charge in [0.1, 0.15) is 0 Å².